The number of nitrogens with zero attached hydrogens (tertiary/aromatic N) is 3. The summed E-state index contributed by atoms with van der Waals surface area (Å²) in [5.41, 5.74) is 6.66. The van der Waals surface area contributed by atoms with E-state index >= 15 is 0 Å². The van der Waals surface area contributed by atoms with Gasteiger partial charge in [0, 0.05) is 29.4 Å². The van der Waals surface area contributed by atoms with Crippen molar-refractivity contribution < 1.29 is 9.72 Å². The number of hydrogen-bond donors (Lipinski definition) is 1. The molecule has 140 valence electrons. The van der Waals surface area contributed by atoms with Crippen LogP contribution in [0.25, 0.3) is 0 Å². The van der Waals surface area contributed by atoms with Gasteiger partial charge >= 0.3 is 0 Å². The molecule has 0 atom stereocenters. The van der Waals surface area contributed by atoms with Crippen molar-refractivity contribution in [3.63, 3.8) is 0 Å². The quantitative estimate of drug-likeness (QED) is 0.500. The van der Waals surface area contributed by atoms with E-state index in [2.05, 4.69) is 21.5 Å². The Kier molecular flexibility index (Phi) is 5.49. The summed E-state index contributed by atoms with van der Waals surface area (Å²) < 4.78 is 0. The molecule has 0 aliphatic carbocycles. The van der Waals surface area contributed by atoms with E-state index in [1.54, 1.807) is 26.0 Å². The number of nitro benzene ring substituents is 1. The minimum Gasteiger partial charge on any atom is -0.362 e. The summed E-state index contributed by atoms with van der Waals surface area (Å²) in [7, 11) is 0. The van der Waals surface area contributed by atoms with Crippen LogP contribution in [0.3, 0.4) is 0 Å². The van der Waals surface area contributed by atoms with Gasteiger partial charge in [-0.3, -0.25) is 14.9 Å². The number of hydrogen-bond acceptors (Lipinski definition) is 5. The molecule has 0 bridgehead atoms. The predicted molar refractivity (Wildman–Crippen MR) is 105 cm³/mol. The number of carbonyl (C=O) groups is 1. The van der Waals surface area contributed by atoms with Gasteiger partial charge in [-0.2, -0.15) is 5.10 Å². The zero-order chi connectivity index (χ0) is 19.4. The van der Waals surface area contributed by atoms with Crippen LogP contribution >= 0.6 is 0 Å². The molecule has 2 aromatic carbocycles. The normalized spacial score (nSPS) is 13.9. The summed E-state index contributed by atoms with van der Waals surface area (Å²) in [5.74, 6) is -0.215. The van der Waals surface area contributed by atoms with Gasteiger partial charge in [0.25, 0.3) is 11.6 Å². The van der Waals surface area contributed by atoms with Gasteiger partial charge in [0.1, 0.15) is 0 Å². The molecule has 0 saturated carbocycles. The van der Waals surface area contributed by atoms with Crippen LogP contribution in [-0.4, -0.2) is 29.6 Å². The number of nitrogens with one attached hydrogen (secondary N) is 1. The highest BCUT2D eigenvalue weighted by molar-refractivity contribution is 6.00. The first-order valence-electron chi connectivity index (χ1n) is 8.87. The first kappa shape index (κ1) is 18.6. The maximum atomic E-state index is 12.3. The Morgan fingerprint density at radius 2 is 2.07 bits per heavy atom. The Balaban J connectivity index is 1.67. The van der Waals surface area contributed by atoms with Crippen molar-refractivity contribution in [3.8, 4) is 0 Å². The molecule has 7 nitrogen and oxygen atoms in total. The van der Waals surface area contributed by atoms with Crippen molar-refractivity contribution in [2.75, 3.05) is 18.0 Å². The molecular weight excluding hydrogens is 344 g/mol. The van der Waals surface area contributed by atoms with Crippen LogP contribution in [0.4, 0.5) is 11.4 Å². The maximum Gasteiger partial charge on any atom is 0.272 e. The highest BCUT2D eigenvalue weighted by Crippen LogP contribution is 2.26. The van der Waals surface area contributed by atoms with Crippen molar-refractivity contribution in [2.24, 2.45) is 5.10 Å². The minimum atomic E-state index is -0.418. The predicted octanol–water partition coefficient (Wildman–Crippen LogP) is 3.20. The zero-order valence-corrected chi connectivity index (χ0v) is 15.4. The molecule has 0 fully saturated rings. The van der Waals surface area contributed by atoms with Gasteiger partial charge in [0.2, 0.25) is 0 Å². The van der Waals surface area contributed by atoms with Crippen molar-refractivity contribution in [1.82, 2.24) is 5.43 Å². The average molecular weight is 366 g/mol. The third-order valence-corrected chi connectivity index (χ3v) is 4.71. The molecule has 2 aromatic rings. The number of fused-ring (bicyclic) bond motifs is 1. The smallest absolute Gasteiger partial charge is 0.272 e. The summed E-state index contributed by atoms with van der Waals surface area (Å²) in [5, 5.41) is 15.2. The van der Waals surface area contributed by atoms with Gasteiger partial charge in [-0.25, -0.2) is 5.43 Å². The fourth-order valence-electron chi connectivity index (χ4n) is 3.23. The lowest BCUT2D eigenvalue weighted by Crippen LogP contribution is -2.38. The second-order valence-corrected chi connectivity index (χ2v) is 6.64. The fourth-order valence-corrected chi connectivity index (χ4v) is 3.23. The van der Waals surface area contributed by atoms with Crippen LogP contribution in [0.5, 0.6) is 0 Å². The van der Waals surface area contributed by atoms with Crippen molar-refractivity contribution >= 4 is 23.0 Å². The molecule has 3 rings (SSSR count). The summed E-state index contributed by atoms with van der Waals surface area (Å²) in [6.45, 7) is 4.45. The standard InChI is InChI=1S/C20H22N4O3/c1-14-9-10-17(12-19(14)24(26)27)15(2)21-22-20(25)13-23-11-5-7-16-6-3-4-8-18(16)23/h3-4,6,8-10,12H,5,7,11,13H2,1-2H3,(H,22,25)/b21-15+. The summed E-state index contributed by atoms with van der Waals surface area (Å²) >= 11 is 0. The molecule has 0 unspecified atom stereocenters. The van der Waals surface area contributed by atoms with E-state index < -0.39 is 4.92 Å². The first-order valence-corrected chi connectivity index (χ1v) is 8.87. The molecule has 1 N–H and O–H groups in total. The number of para-hydroxylation sites is 1. The Morgan fingerprint density at radius 3 is 2.85 bits per heavy atom. The van der Waals surface area contributed by atoms with Crippen LogP contribution in [-0.2, 0) is 11.2 Å². The molecule has 1 aliphatic heterocycles. The van der Waals surface area contributed by atoms with Crippen molar-refractivity contribution in [1.29, 1.82) is 0 Å². The van der Waals surface area contributed by atoms with Gasteiger partial charge in [-0.05, 0) is 38.3 Å². The second-order valence-electron chi connectivity index (χ2n) is 6.64. The molecule has 0 saturated heterocycles. The molecule has 1 amide bonds. The lowest BCUT2D eigenvalue weighted by molar-refractivity contribution is -0.385. The van der Waals surface area contributed by atoms with Gasteiger partial charge in [0.05, 0.1) is 17.2 Å². The third-order valence-electron chi connectivity index (χ3n) is 4.71. The monoisotopic (exact) mass is 366 g/mol. The summed E-state index contributed by atoms with van der Waals surface area (Å²) in [4.78, 5) is 25.0. The molecule has 1 aliphatic rings. The molecule has 1 heterocycles. The molecule has 0 aromatic heterocycles. The second kappa shape index (κ2) is 7.99. The SMILES string of the molecule is C/C(=N\NC(=O)CN1CCCc2ccccc21)c1ccc(C)c([N+](=O)[O-])c1. The molecule has 0 spiro atoms. The summed E-state index contributed by atoms with van der Waals surface area (Å²) in [6.07, 6.45) is 2.04. The van der Waals surface area contributed by atoms with E-state index in [0.717, 1.165) is 25.1 Å². The van der Waals surface area contributed by atoms with Gasteiger partial charge in [0.15, 0.2) is 0 Å². The number of amides is 1. The van der Waals surface area contributed by atoms with E-state index in [9.17, 15) is 14.9 Å². The zero-order valence-electron chi connectivity index (χ0n) is 15.4. The van der Waals surface area contributed by atoms with Crippen LogP contribution in [0.1, 0.15) is 30.0 Å². The molecular formula is C20H22N4O3. The van der Waals surface area contributed by atoms with Crippen molar-refractivity contribution in [3.05, 3.63) is 69.3 Å². The maximum absolute atomic E-state index is 12.3. The van der Waals surface area contributed by atoms with Gasteiger partial charge < -0.3 is 4.90 Å². The topological polar surface area (TPSA) is 87.8 Å². The van der Waals surface area contributed by atoms with Crippen molar-refractivity contribution in [2.45, 2.75) is 26.7 Å². The van der Waals surface area contributed by atoms with Gasteiger partial charge in [-0.1, -0.05) is 30.3 Å². The number of benzene rings is 2. The number of rotatable bonds is 5. The van der Waals surface area contributed by atoms with E-state index in [0.29, 0.717) is 16.8 Å². The number of nitro groups is 1. The highest BCUT2D eigenvalue weighted by Gasteiger charge is 2.18. The van der Waals surface area contributed by atoms with Gasteiger partial charge in [-0.15, -0.1) is 0 Å². The van der Waals surface area contributed by atoms with Crippen LogP contribution in [0.15, 0.2) is 47.6 Å². The number of hydrazone groups is 1. The molecule has 7 heteroatoms. The largest absolute Gasteiger partial charge is 0.362 e. The average Bonchev–Trinajstić information content (AvgIpc) is 2.66. The van der Waals surface area contributed by atoms with Crippen LogP contribution in [0, 0.1) is 17.0 Å². The molecule has 0 radical (unpaired) electrons. The minimum absolute atomic E-state index is 0.0401. The number of anilines is 1. The Morgan fingerprint density at radius 1 is 1.30 bits per heavy atom. The Bertz CT molecular complexity index is 908. The third kappa shape index (κ3) is 4.31. The van der Waals surface area contributed by atoms with E-state index in [-0.39, 0.29) is 18.1 Å². The molecule has 27 heavy (non-hydrogen) atoms. The lowest BCUT2D eigenvalue weighted by Gasteiger charge is -2.30. The lowest BCUT2D eigenvalue weighted by atomic mass is 10.0. The van der Waals surface area contributed by atoms with Crippen LogP contribution < -0.4 is 10.3 Å². The Labute approximate surface area is 157 Å². The van der Waals surface area contributed by atoms with E-state index in [4.69, 9.17) is 0 Å². The summed E-state index contributed by atoms with van der Waals surface area (Å²) in [6, 6.07) is 13.0. The van der Waals surface area contributed by atoms with E-state index in [1.165, 1.54) is 11.6 Å². The highest BCUT2D eigenvalue weighted by atomic mass is 16.6. The number of aryl methyl sites for hydroxylation is 2. The fraction of sp³-hybridized carbons (Fsp3) is 0.300. The van der Waals surface area contributed by atoms with Crippen LogP contribution in [0.2, 0.25) is 0 Å². The first-order chi connectivity index (χ1) is 13.0. The Hall–Kier alpha value is -3.22. The number of carbonyl (C=O) groups excluding carboxylic acids is 1. The van der Waals surface area contributed by atoms with E-state index in [1.807, 2.05) is 18.2 Å².